The summed E-state index contributed by atoms with van der Waals surface area (Å²) < 4.78 is 5.10. The molecule has 1 amide bonds. The Morgan fingerprint density at radius 1 is 1.24 bits per heavy atom. The number of anilines is 1. The fourth-order valence-corrected chi connectivity index (χ4v) is 3.48. The summed E-state index contributed by atoms with van der Waals surface area (Å²) in [7, 11) is 0. The Hall–Kier alpha value is -2.73. The van der Waals surface area contributed by atoms with Crippen molar-refractivity contribution < 1.29 is 14.3 Å². The molecule has 1 aliphatic heterocycles. The van der Waals surface area contributed by atoms with Gasteiger partial charge < -0.3 is 4.74 Å². The first kappa shape index (κ1) is 21.0. The second kappa shape index (κ2) is 9.18. The molecule has 2 heterocycles. The van der Waals surface area contributed by atoms with E-state index in [4.69, 9.17) is 21.3 Å². The quantitative estimate of drug-likeness (QED) is 0.673. The molecule has 152 valence electrons. The molecule has 1 aliphatic rings. The first-order valence-corrected chi connectivity index (χ1v) is 10.1. The number of carbonyl (C=O) groups excluding carboxylic acids is 2. The van der Waals surface area contributed by atoms with Gasteiger partial charge in [-0.05, 0) is 43.2 Å². The van der Waals surface area contributed by atoms with Gasteiger partial charge in [0.05, 0.1) is 18.0 Å². The van der Waals surface area contributed by atoms with Gasteiger partial charge in [0, 0.05) is 28.5 Å². The predicted octanol–water partition coefficient (Wildman–Crippen LogP) is 3.90. The number of hydrogen-bond acceptors (Lipinski definition) is 5. The Labute approximate surface area is 175 Å². The minimum Gasteiger partial charge on any atom is -0.465 e. The first-order chi connectivity index (χ1) is 14.0. The number of halogens is 1. The van der Waals surface area contributed by atoms with Crippen molar-refractivity contribution in [2.45, 2.75) is 33.2 Å². The van der Waals surface area contributed by atoms with Crippen molar-refractivity contribution in [3.05, 3.63) is 58.9 Å². The van der Waals surface area contributed by atoms with E-state index in [-0.39, 0.29) is 25.0 Å². The van der Waals surface area contributed by atoms with Crippen LogP contribution >= 0.6 is 11.6 Å². The molecule has 1 aromatic carbocycles. The maximum atomic E-state index is 13.5. The van der Waals surface area contributed by atoms with Gasteiger partial charge in [-0.15, -0.1) is 0 Å². The monoisotopic (exact) mass is 413 g/mol. The average Bonchev–Trinajstić information content (AvgIpc) is 2.83. The Kier molecular flexibility index (Phi) is 6.64. The molecule has 0 spiro atoms. The molecule has 7 heteroatoms. The highest BCUT2D eigenvalue weighted by atomic mass is 35.5. The van der Waals surface area contributed by atoms with Gasteiger partial charge in [-0.25, -0.2) is 0 Å². The van der Waals surface area contributed by atoms with Crippen LogP contribution in [0.2, 0.25) is 5.02 Å². The number of nitrogens with zero attached hydrogens (tertiary/aromatic N) is 3. The van der Waals surface area contributed by atoms with E-state index in [9.17, 15) is 9.59 Å². The molecule has 0 fully saturated rings. The minimum atomic E-state index is -0.622. The highest BCUT2D eigenvalue weighted by molar-refractivity contribution is 6.32. The van der Waals surface area contributed by atoms with Crippen molar-refractivity contribution in [2.75, 3.05) is 18.1 Å². The Morgan fingerprint density at radius 2 is 1.97 bits per heavy atom. The van der Waals surface area contributed by atoms with E-state index in [1.165, 1.54) is 4.90 Å². The van der Waals surface area contributed by atoms with Crippen molar-refractivity contribution in [2.24, 2.45) is 10.9 Å². The Morgan fingerprint density at radius 3 is 2.62 bits per heavy atom. The lowest BCUT2D eigenvalue weighted by Crippen LogP contribution is -2.43. The van der Waals surface area contributed by atoms with E-state index in [1.807, 2.05) is 26.0 Å². The molecule has 0 radical (unpaired) electrons. The van der Waals surface area contributed by atoms with E-state index in [0.717, 1.165) is 12.0 Å². The fourth-order valence-electron chi connectivity index (χ4n) is 3.31. The van der Waals surface area contributed by atoms with Gasteiger partial charge in [0.1, 0.15) is 12.6 Å². The number of fused-ring (bicyclic) bond motifs is 1. The van der Waals surface area contributed by atoms with Crippen LogP contribution in [0.25, 0.3) is 0 Å². The zero-order chi connectivity index (χ0) is 21.0. The standard InChI is InChI=1S/C22H24ClN3O3/c1-4-14(3)20-22(28)26(13-19(27)29-5-2)18-7-6-16(23)12-17(18)21(25-20)15-8-10-24-11-9-15/h6-12,14,20H,4-5,13H2,1-3H3/t14-,20-/m0/s1. The highest BCUT2D eigenvalue weighted by Crippen LogP contribution is 2.32. The number of esters is 1. The Balaban J connectivity index is 2.21. The minimum absolute atomic E-state index is 0.00573. The average molecular weight is 414 g/mol. The van der Waals surface area contributed by atoms with Gasteiger partial charge in [0.2, 0.25) is 0 Å². The maximum Gasteiger partial charge on any atom is 0.326 e. The van der Waals surface area contributed by atoms with Gasteiger partial charge in [-0.2, -0.15) is 0 Å². The molecule has 2 atom stereocenters. The SMILES string of the molecule is CCOC(=O)CN1C(=O)[C@H]([C@@H](C)CC)N=C(c2ccncc2)c2cc(Cl)ccc21. The number of ether oxygens (including phenoxy) is 1. The number of aromatic nitrogens is 1. The molecule has 0 bridgehead atoms. The van der Waals surface area contributed by atoms with Gasteiger partial charge in [-0.1, -0.05) is 31.9 Å². The molecule has 0 unspecified atom stereocenters. The summed E-state index contributed by atoms with van der Waals surface area (Å²) in [5.41, 5.74) is 2.79. The summed E-state index contributed by atoms with van der Waals surface area (Å²) in [6.45, 7) is 5.82. The van der Waals surface area contributed by atoms with Crippen LogP contribution in [0.1, 0.15) is 38.3 Å². The van der Waals surface area contributed by atoms with Crippen LogP contribution in [0.15, 0.2) is 47.7 Å². The fraction of sp³-hybridized carbons (Fsp3) is 0.364. The van der Waals surface area contributed by atoms with Crippen LogP contribution < -0.4 is 4.90 Å². The number of rotatable bonds is 6. The molecule has 0 aliphatic carbocycles. The number of hydrogen-bond donors (Lipinski definition) is 0. The topological polar surface area (TPSA) is 71.9 Å². The number of pyridine rings is 1. The molecule has 3 rings (SSSR count). The van der Waals surface area contributed by atoms with Crippen molar-refractivity contribution in [3.63, 3.8) is 0 Å². The van der Waals surface area contributed by atoms with Gasteiger partial charge >= 0.3 is 5.97 Å². The molecule has 0 N–H and O–H groups in total. The van der Waals surface area contributed by atoms with Crippen molar-refractivity contribution >= 4 is 34.9 Å². The Bertz CT molecular complexity index is 930. The molecule has 29 heavy (non-hydrogen) atoms. The van der Waals surface area contributed by atoms with Gasteiger partial charge in [-0.3, -0.25) is 24.5 Å². The normalized spacial score (nSPS) is 17.2. The summed E-state index contributed by atoms with van der Waals surface area (Å²) in [5.74, 6) is -0.689. The third-order valence-corrected chi connectivity index (χ3v) is 5.26. The van der Waals surface area contributed by atoms with Crippen LogP contribution in [0.5, 0.6) is 0 Å². The predicted molar refractivity (Wildman–Crippen MR) is 114 cm³/mol. The van der Waals surface area contributed by atoms with E-state index in [1.54, 1.807) is 37.5 Å². The maximum absolute atomic E-state index is 13.5. The van der Waals surface area contributed by atoms with Crippen molar-refractivity contribution in [1.29, 1.82) is 0 Å². The number of amides is 1. The summed E-state index contributed by atoms with van der Waals surface area (Å²) in [5, 5.41) is 0.524. The van der Waals surface area contributed by atoms with E-state index in [0.29, 0.717) is 22.0 Å². The summed E-state index contributed by atoms with van der Waals surface area (Å²) in [6.07, 6.45) is 4.14. The lowest BCUT2D eigenvalue weighted by Gasteiger charge is -2.26. The number of benzodiazepines with no additional fused rings is 1. The summed E-state index contributed by atoms with van der Waals surface area (Å²) in [4.78, 5) is 36.1. The van der Waals surface area contributed by atoms with Crippen LogP contribution in [0.4, 0.5) is 5.69 Å². The van der Waals surface area contributed by atoms with Crippen LogP contribution in [0.3, 0.4) is 0 Å². The molecular formula is C22H24ClN3O3. The summed E-state index contributed by atoms with van der Waals surface area (Å²) >= 11 is 6.29. The van der Waals surface area contributed by atoms with E-state index in [2.05, 4.69) is 4.98 Å². The van der Waals surface area contributed by atoms with Crippen molar-refractivity contribution in [1.82, 2.24) is 4.98 Å². The highest BCUT2D eigenvalue weighted by Gasteiger charge is 2.35. The lowest BCUT2D eigenvalue weighted by atomic mass is 9.98. The van der Waals surface area contributed by atoms with Crippen LogP contribution in [-0.4, -0.2) is 41.8 Å². The third-order valence-electron chi connectivity index (χ3n) is 5.02. The molecule has 1 aromatic heterocycles. The molecule has 0 saturated heterocycles. The first-order valence-electron chi connectivity index (χ1n) is 9.71. The molecule has 2 aromatic rings. The largest absolute Gasteiger partial charge is 0.465 e. The van der Waals surface area contributed by atoms with E-state index >= 15 is 0 Å². The van der Waals surface area contributed by atoms with Gasteiger partial charge in [0.15, 0.2) is 0 Å². The zero-order valence-electron chi connectivity index (χ0n) is 16.8. The van der Waals surface area contributed by atoms with Crippen molar-refractivity contribution in [3.8, 4) is 0 Å². The van der Waals surface area contributed by atoms with Crippen LogP contribution in [-0.2, 0) is 14.3 Å². The number of carbonyl (C=O) groups is 2. The number of aliphatic imine (C=N–C) groups is 1. The van der Waals surface area contributed by atoms with Gasteiger partial charge in [0.25, 0.3) is 5.91 Å². The second-order valence-corrected chi connectivity index (χ2v) is 7.37. The summed E-state index contributed by atoms with van der Waals surface area (Å²) in [6, 6.07) is 8.32. The lowest BCUT2D eigenvalue weighted by molar-refractivity contribution is -0.142. The smallest absolute Gasteiger partial charge is 0.326 e. The second-order valence-electron chi connectivity index (χ2n) is 6.93. The van der Waals surface area contributed by atoms with Crippen LogP contribution in [0, 0.1) is 5.92 Å². The van der Waals surface area contributed by atoms with E-state index < -0.39 is 12.0 Å². The molecule has 0 saturated carbocycles. The molecule has 6 nitrogen and oxygen atoms in total. The number of benzene rings is 1. The third kappa shape index (κ3) is 4.48. The molecular weight excluding hydrogens is 390 g/mol. The zero-order valence-corrected chi connectivity index (χ0v) is 17.5.